The first-order valence-corrected chi connectivity index (χ1v) is 8.38. The molecule has 19 heavy (non-hydrogen) atoms. The van der Waals surface area contributed by atoms with Gasteiger partial charge in [-0.1, -0.05) is 13.3 Å². The van der Waals surface area contributed by atoms with Gasteiger partial charge in [0.2, 0.25) is 10.0 Å². The van der Waals surface area contributed by atoms with Crippen LogP contribution in [0.3, 0.4) is 0 Å². The number of rotatable bonds is 7. The van der Waals surface area contributed by atoms with Crippen LogP contribution in [0.25, 0.3) is 0 Å². The molecule has 0 aliphatic carbocycles. The molecule has 0 amide bonds. The first-order chi connectivity index (χ1) is 8.85. The highest BCUT2D eigenvalue weighted by molar-refractivity contribution is 14.1. The number of carbonyl (C=O) groups is 1. The van der Waals surface area contributed by atoms with Crippen molar-refractivity contribution in [2.75, 3.05) is 6.54 Å². The highest BCUT2D eigenvalue weighted by Crippen LogP contribution is 2.13. The molecule has 1 rings (SSSR count). The van der Waals surface area contributed by atoms with Gasteiger partial charge >= 0.3 is 5.97 Å². The van der Waals surface area contributed by atoms with Crippen molar-refractivity contribution in [2.45, 2.75) is 24.7 Å². The summed E-state index contributed by atoms with van der Waals surface area (Å²) < 4.78 is 27.4. The van der Waals surface area contributed by atoms with E-state index in [4.69, 9.17) is 5.11 Å². The normalized spacial score (nSPS) is 13.2. The minimum Gasteiger partial charge on any atom is -0.481 e. The van der Waals surface area contributed by atoms with Crippen LogP contribution >= 0.6 is 22.6 Å². The Balaban J connectivity index is 2.69. The van der Waals surface area contributed by atoms with E-state index in [9.17, 15) is 13.2 Å². The molecule has 1 unspecified atom stereocenters. The fourth-order valence-corrected chi connectivity index (χ4v) is 3.01. The number of aliphatic carboxylic acids is 1. The van der Waals surface area contributed by atoms with Crippen LogP contribution in [0.15, 0.2) is 29.2 Å². The lowest BCUT2D eigenvalue weighted by Gasteiger charge is -2.13. The van der Waals surface area contributed by atoms with Crippen molar-refractivity contribution < 1.29 is 18.3 Å². The number of benzene rings is 1. The van der Waals surface area contributed by atoms with Gasteiger partial charge in [-0.05, 0) is 52.8 Å². The fraction of sp³-hybridized carbons (Fsp3) is 0.417. The lowest BCUT2D eigenvalue weighted by atomic mass is 10.0. The predicted octanol–water partition coefficient (Wildman–Crippen LogP) is 2.07. The van der Waals surface area contributed by atoms with E-state index in [0.717, 1.165) is 3.57 Å². The minimum atomic E-state index is -3.56. The smallest absolute Gasteiger partial charge is 0.303 e. The van der Waals surface area contributed by atoms with Gasteiger partial charge in [-0.25, -0.2) is 13.1 Å². The zero-order chi connectivity index (χ0) is 14.5. The topological polar surface area (TPSA) is 83.5 Å². The molecule has 0 saturated heterocycles. The van der Waals surface area contributed by atoms with Crippen LogP contribution in [0.1, 0.15) is 19.8 Å². The Labute approximate surface area is 126 Å². The maximum atomic E-state index is 12.0. The van der Waals surface area contributed by atoms with E-state index in [1.54, 1.807) is 12.1 Å². The van der Waals surface area contributed by atoms with Gasteiger partial charge in [-0.15, -0.1) is 0 Å². The largest absolute Gasteiger partial charge is 0.481 e. The summed E-state index contributed by atoms with van der Waals surface area (Å²) in [4.78, 5) is 10.8. The van der Waals surface area contributed by atoms with Gasteiger partial charge in [-0.2, -0.15) is 0 Å². The second-order valence-electron chi connectivity index (χ2n) is 4.18. The lowest BCUT2D eigenvalue weighted by molar-refractivity contribution is -0.138. The van der Waals surface area contributed by atoms with Crippen molar-refractivity contribution in [1.29, 1.82) is 0 Å². The second-order valence-corrected chi connectivity index (χ2v) is 7.19. The van der Waals surface area contributed by atoms with Gasteiger partial charge in [-0.3, -0.25) is 4.79 Å². The molecule has 0 aliphatic rings. The lowest BCUT2D eigenvalue weighted by Crippen LogP contribution is -2.30. The predicted molar refractivity (Wildman–Crippen MR) is 80.4 cm³/mol. The number of nitrogens with one attached hydrogen (secondary N) is 1. The SMILES string of the molecule is CCC(CNS(=O)(=O)c1ccc(I)cc1)CC(=O)O. The van der Waals surface area contributed by atoms with Gasteiger partial charge in [0, 0.05) is 16.5 Å². The average Bonchev–Trinajstić information content (AvgIpc) is 2.34. The Bertz CT molecular complexity index is 527. The van der Waals surface area contributed by atoms with E-state index in [1.165, 1.54) is 12.1 Å². The molecule has 5 nitrogen and oxygen atoms in total. The van der Waals surface area contributed by atoms with Crippen LogP contribution in [0.4, 0.5) is 0 Å². The maximum absolute atomic E-state index is 12.0. The van der Waals surface area contributed by atoms with Crippen molar-refractivity contribution in [2.24, 2.45) is 5.92 Å². The molecule has 1 aromatic rings. The van der Waals surface area contributed by atoms with Crippen molar-refractivity contribution in [3.63, 3.8) is 0 Å². The summed E-state index contributed by atoms with van der Waals surface area (Å²) in [6, 6.07) is 6.48. The summed E-state index contributed by atoms with van der Waals surface area (Å²) in [5.74, 6) is -1.11. The van der Waals surface area contributed by atoms with Gasteiger partial charge < -0.3 is 5.11 Å². The molecule has 0 radical (unpaired) electrons. The van der Waals surface area contributed by atoms with Gasteiger partial charge in [0.1, 0.15) is 0 Å². The molecule has 1 atom stereocenters. The summed E-state index contributed by atoms with van der Waals surface area (Å²) in [5, 5.41) is 8.71. The van der Waals surface area contributed by atoms with Crippen LogP contribution in [0, 0.1) is 9.49 Å². The minimum absolute atomic E-state index is 0.0360. The van der Waals surface area contributed by atoms with E-state index in [1.807, 2.05) is 6.92 Å². The molecule has 1 aromatic carbocycles. The monoisotopic (exact) mass is 397 g/mol. The molecule has 106 valence electrons. The molecule has 0 fully saturated rings. The van der Waals surface area contributed by atoms with E-state index in [2.05, 4.69) is 27.3 Å². The van der Waals surface area contributed by atoms with E-state index in [-0.39, 0.29) is 23.8 Å². The van der Waals surface area contributed by atoms with E-state index in [0.29, 0.717) is 6.42 Å². The summed E-state index contributed by atoms with van der Waals surface area (Å²) in [6.45, 7) is 1.98. The van der Waals surface area contributed by atoms with Crippen molar-refractivity contribution in [1.82, 2.24) is 4.72 Å². The zero-order valence-electron chi connectivity index (χ0n) is 10.5. The molecule has 0 saturated carbocycles. The Morgan fingerprint density at radius 2 is 1.95 bits per heavy atom. The second kappa shape index (κ2) is 7.20. The van der Waals surface area contributed by atoms with Gasteiger partial charge in [0.15, 0.2) is 0 Å². The Kier molecular flexibility index (Phi) is 6.21. The molecule has 0 aromatic heterocycles. The zero-order valence-corrected chi connectivity index (χ0v) is 13.4. The number of halogens is 1. The molecular formula is C12H16INO4S. The van der Waals surface area contributed by atoms with Crippen LogP contribution in [0.5, 0.6) is 0 Å². The van der Waals surface area contributed by atoms with E-state index < -0.39 is 16.0 Å². The first-order valence-electron chi connectivity index (χ1n) is 5.82. The Morgan fingerprint density at radius 3 is 2.42 bits per heavy atom. The number of carboxylic acid groups (broad SMARTS) is 1. The first kappa shape index (κ1) is 16.4. The van der Waals surface area contributed by atoms with Crippen LogP contribution in [-0.4, -0.2) is 26.0 Å². The number of sulfonamides is 1. The van der Waals surface area contributed by atoms with Crippen LogP contribution in [0.2, 0.25) is 0 Å². The molecule has 2 N–H and O–H groups in total. The Morgan fingerprint density at radius 1 is 1.37 bits per heavy atom. The average molecular weight is 397 g/mol. The highest BCUT2D eigenvalue weighted by atomic mass is 127. The van der Waals surface area contributed by atoms with E-state index >= 15 is 0 Å². The quantitative estimate of drug-likeness (QED) is 0.691. The fourth-order valence-electron chi connectivity index (χ4n) is 1.53. The molecular weight excluding hydrogens is 381 g/mol. The summed E-state index contributed by atoms with van der Waals surface area (Å²) in [7, 11) is -3.56. The third-order valence-electron chi connectivity index (χ3n) is 2.73. The molecule has 0 heterocycles. The Hall–Kier alpha value is -0.670. The van der Waals surface area contributed by atoms with Gasteiger partial charge in [0.05, 0.1) is 4.90 Å². The molecule has 0 bridgehead atoms. The summed E-state index contributed by atoms with van der Waals surface area (Å²) >= 11 is 2.10. The van der Waals surface area contributed by atoms with Crippen LogP contribution < -0.4 is 4.72 Å². The third-order valence-corrected chi connectivity index (χ3v) is 4.89. The number of hydrogen-bond donors (Lipinski definition) is 2. The molecule has 0 spiro atoms. The van der Waals surface area contributed by atoms with Crippen LogP contribution in [-0.2, 0) is 14.8 Å². The summed E-state index contributed by atoms with van der Waals surface area (Å²) in [6.07, 6.45) is 0.577. The molecule has 7 heteroatoms. The van der Waals surface area contributed by atoms with Gasteiger partial charge in [0.25, 0.3) is 0 Å². The standard InChI is InChI=1S/C12H16INO4S/c1-2-9(7-12(15)16)8-14-19(17,18)11-5-3-10(13)4-6-11/h3-6,9,14H,2,7-8H2,1H3,(H,15,16). The molecule has 0 aliphatic heterocycles. The number of carboxylic acids is 1. The number of hydrogen-bond acceptors (Lipinski definition) is 3. The van der Waals surface area contributed by atoms with Crippen molar-refractivity contribution >= 4 is 38.6 Å². The summed E-state index contributed by atoms with van der Waals surface area (Å²) in [5.41, 5.74) is 0. The maximum Gasteiger partial charge on any atom is 0.303 e. The van der Waals surface area contributed by atoms with Crippen molar-refractivity contribution in [3.8, 4) is 0 Å². The van der Waals surface area contributed by atoms with Crippen molar-refractivity contribution in [3.05, 3.63) is 27.8 Å². The highest BCUT2D eigenvalue weighted by Gasteiger charge is 2.17. The third kappa shape index (κ3) is 5.45.